The van der Waals surface area contributed by atoms with Crippen molar-refractivity contribution in [3.63, 3.8) is 0 Å². The van der Waals surface area contributed by atoms with E-state index in [1.807, 2.05) is 0 Å². The van der Waals surface area contributed by atoms with Gasteiger partial charge in [-0.15, -0.1) is 10.2 Å². The van der Waals surface area contributed by atoms with Gasteiger partial charge < -0.3 is 14.5 Å². The van der Waals surface area contributed by atoms with Crippen molar-refractivity contribution in [2.24, 2.45) is 17.3 Å². The summed E-state index contributed by atoms with van der Waals surface area (Å²) < 4.78 is 45.0. The van der Waals surface area contributed by atoms with Crippen LogP contribution in [0, 0.1) is 23.1 Å². The first-order valence-corrected chi connectivity index (χ1v) is 19.9. The molecule has 1 spiro atoms. The standard InChI is InChI=1S/C36H47FN8O3S/c1-23(2)33(25-14-27(15-25)43-11-8-28(9-12-43)49(3,46)47)45-19-36(20-45)10-13-44(18-36)34-35(42-41-22-40-34)48-31-7-6-26(37)16-29(31)30-17-38-21-39-32(30)24-4-5-24/h6-7,16-17,21-25,27-28,33H,4-5,8-15,18-20H2,1-3H3/t25?,27?,33-/m1/s1. The van der Waals surface area contributed by atoms with Crippen LogP contribution >= 0.6 is 0 Å². The van der Waals surface area contributed by atoms with E-state index >= 15 is 0 Å². The van der Waals surface area contributed by atoms with Gasteiger partial charge in [0.25, 0.3) is 5.88 Å². The molecule has 8 rings (SSSR count). The largest absolute Gasteiger partial charge is 0.434 e. The molecule has 5 fully saturated rings. The van der Waals surface area contributed by atoms with E-state index < -0.39 is 9.84 Å². The molecule has 0 radical (unpaired) electrons. The third-order valence-electron chi connectivity index (χ3n) is 11.9. The summed E-state index contributed by atoms with van der Waals surface area (Å²) in [6.45, 7) is 10.4. The van der Waals surface area contributed by atoms with Gasteiger partial charge in [-0.2, -0.15) is 0 Å². The van der Waals surface area contributed by atoms with Crippen LogP contribution in [0.5, 0.6) is 11.6 Å². The predicted molar refractivity (Wildman–Crippen MR) is 185 cm³/mol. The second kappa shape index (κ2) is 12.8. The highest BCUT2D eigenvalue weighted by Gasteiger charge is 2.53. The number of sulfone groups is 1. The minimum Gasteiger partial charge on any atom is -0.434 e. The number of piperidine rings is 1. The first-order chi connectivity index (χ1) is 23.6. The van der Waals surface area contributed by atoms with E-state index in [-0.39, 0.29) is 16.5 Å². The fourth-order valence-corrected chi connectivity index (χ4v) is 10.3. The van der Waals surface area contributed by atoms with Gasteiger partial charge in [-0.25, -0.2) is 27.8 Å². The summed E-state index contributed by atoms with van der Waals surface area (Å²) >= 11 is 0. The number of hydrogen-bond donors (Lipinski definition) is 0. The molecule has 5 heterocycles. The van der Waals surface area contributed by atoms with Crippen LogP contribution in [0.15, 0.2) is 37.1 Å². The van der Waals surface area contributed by atoms with Crippen molar-refractivity contribution in [2.45, 2.75) is 82.0 Å². The highest BCUT2D eigenvalue weighted by molar-refractivity contribution is 7.91. The van der Waals surface area contributed by atoms with Crippen LogP contribution < -0.4 is 9.64 Å². The fourth-order valence-electron chi connectivity index (χ4n) is 9.22. The number of hydrogen-bond acceptors (Lipinski definition) is 11. The van der Waals surface area contributed by atoms with Gasteiger partial charge in [0.05, 0.1) is 10.9 Å². The van der Waals surface area contributed by atoms with E-state index in [9.17, 15) is 12.8 Å². The third-order valence-corrected chi connectivity index (χ3v) is 13.6. The molecule has 3 aromatic rings. The minimum atomic E-state index is -2.94. The molecule has 0 amide bonds. The molecule has 0 unspecified atom stereocenters. The van der Waals surface area contributed by atoms with E-state index in [0.717, 1.165) is 82.6 Å². The topological polar surface area (TPSA) is 118 Å². The fraction of sp³-hybridized carbons (Fsp3) is 0.639. The van der Waals surface area contributed by atoms with Crippen molar-refractivity contribution in [1.29, 1.82) is 0 Å². The zero-order valence-electron chi connectivity index (χ0n) is 28.7. The molecule has 11 nitrogen and oxygen atoms in total. The Labute approximate surface area is 288 Å². The summed E-state index contributed by atoms with van der Waals surface area (Å²) in [5, 5.41) is 8.25. The van der Waals surface area contributed by atoms with Gasteiger partial charge in [0.2, 0.25) is 0 Å². The maximum absolute atomic E-state index is 14.6. The Kier molecular flexibility index (Phi) is 8.59. The molecule has 3 saturated heterocycles. The van der Waals surface area contributed by atoms with Crippen molar-refractivity contribution in [3.8, 4) is 22.8 Å². The number of benzene rings is 1. The van der Waals surface area contributed by atoms with Crippen molar-refractivity contribution in [2.75, 3.05) is 50.4 Å². The average Bonchev–Trinajstić information content (AvgIpc) is 3.80. The first kappa shape index (κ1) is 32.9. The van der Waals surface area contributed by atoms with Crippen molar-refractivity contribution in [1.82, 2.24) is 34.9 Å². The molecule has 13 heteroatoms. The third kappa shape index (κ3) is 6.54. The summed E-state index contributed by atoms with van der Waals surface area (Å²) in [7, 11) is -2.94. The number of rotatable bonds is 10. The molecule has 1 aromatic carbocycles. The molecule has 2 aromatic heterocycles. The Bertz CT molecular complexity index is 1790. The molecular formula is C36H47FN8O3S. The Morgan fingerprint density at radius 2 is 1.76 bits per heavy atom. The second-order valence-electron chi connectivity index (χ2n) is 15.7. The van der Waals surface area contributed by atoms with Crippen LogP contribution in [-0.2, 0) is 9.84 Å². The quantitative estimate of drug-likeness (QED) is 0.287. The van der Waals surface area contributed by atoms with Gasteiger partial charge >= 0.3 is 0 Å². The number of anilines is 1. The van der Waals surface area contributed by atoms with Crippen LogP contribution in [-0.4, -0.2) is 106 Å². The molecule has 2 saturated carbocycles. The van der Waals surface area contributed by atoms with Gasteiger partial charge in [0.1, 0.15) is 34.1 Å². The number of nitrogens with zero attached hydrogens (tertiary/aromatic N) is 8. The highest BCUT2D eigenvalue weighted by atomic mass is 32.2. The summed E-state index contributed by atoms with van der Waals surface area (Å²) in [4.78, 5) is 20.9. The van der Waals surface area contributed by atoms with Crippen molar-refractivity contribution in [3.05, 3.63) is 48.6 Å². The van der Waals surface area contributed by atoms with Gasteiger partial charge in [0, 0.05) is 73.2 Å². The zero-order chi connectivity index (χ0) is 33.9. The van der Waals surface area contributed by atoms with Crippen LogP contribution in [0.25, 0.3) is 11.1 Å². The molecule has 262 valence electrons. The Balaban J connectivity index is 0.916. The zero-order valence-corrected chi connectivity index (χ0v) is 29.5. The van der Waals surface area contributed by atoms with Crippen molar-refractivity contribution >= 4 is 15.7 Å². The van der Waals surface area contributed by atoms with Crippen LogP contribution in [0.1, 0.15) is 70.4 Å². The van der Waals surface area contributed by atoms with Crippen LogP contribution in [0.4, 0.5) is 10.2 Å². The number of likely N-dealkylation sites (tertiary alicyclic amines) is 2. The van der Waals surface area contributed by atoms with E-state index in [1.54, 1.807) is 18.6 Å². The summed E-state index contributed by atoms with van der Waals surface area (Å²) in [5.74, 6) is 2.71. The lowest BCUT2D eigenvalue weighted by Gasteiger charge is -2.58. The van der Waals surface area contributed by atoms with Crippen LogP contribution in [0.3, 0.4) is 0 Å². The van der Waals surface area contributed by atoms with E-state index in [0.29, 0.717) is 52.8 Å². The number of aromatic nitrogens is 5. The summed E-state index contributed by atoms with van der Waals surface area (Å²) in [5.41, 5.74) is 2.50. The van der Waals surface area contributed by atoms with E-state index in [2.05, 4.69) is 53.7 Å². The van der Waals surface area contributed by atoms with Crippen LogP contribution in [0.2, 0.25) is 0 Å². The molecule has 49 heavy (non-hydrogen) atoms. The monoisotopic (exact) mass is 690 g/mol. The SMILES string of the molecule is CC(C)[C@H](C1CC(N2CCC(S(C)(=O)=O)CC2)C1)N1CC2(CCN(c3ncnnc3Oc3ccc(F)cc3-c3cncnc3C3CC3)C2)C1. The molecule has 0 bridgehead atoms. The molecule has 2 aliphatic carbocycles. The lowest BCUT2D eigenvalue weighted by molar-refractivity contribution is -0.0813. The summed E-state index contributed by atoms with van der Waals surface area (Å²) in [6, 6.07) is 5.66. The molecule has 1 atom stereocenters. The molecule has 5 aliphatic rings. The highest BCUT2D eigenvalue weighted by Crippen LogP contribution is 2.49. The Morgan fingerprint density at radius 1 is 0.980 bits per heavy atom. The number of ether oxygens (including phenoxy) is 1. The van der Waals surface area contributed by atoms with Gasteiger partial charge in [-0.1, -0.05) is 13.8 Å². The molecule has 0 N–H and O–H groups in total. The molecule has 3 aliphatic heterocycles. The predicted octanol–water partition coefficient (Wildman–Crippen LogP) is 4.96. The van der Waals surface area contributed by atoms with E-state index in [1.165, 1.54) is 37.6 Å². The number of halogens is 1. The Morgan fingerprint density at radius 3 is 2.47 bits per heavy atom. The average molecular weight is 691 g/mol. The van der Waals surface area contributed by atoms with Gasteiger partial charge in [0.15, 0.2) is 5.82 Å². The second-order valence-corrected chi connectivity index (χ2v) is 18.0. The normalized spacial score (nSPS) is 25.4. The lowest BCUT2D eigenvalue weighted by atomic mass is 9.68. The molecular weight excluding hydrogens is 644 g/mol. The summed E-state index contributed by atoms with van der Waals surface area (Å²) in [6.07, 6.45) is 13.3. The maximum atomic E-state index is 14.6. The maximum Gasteiger partial charge on any atom is 0.282 e. The first-order valence-electron chi connectivity index (χ1n) is 17.9. The van der Waals surface area contributed by atoms with Crippen molar-refractivity contribution < 1.29 is 17.5 Å². The Hall–Kier alpha value is -3.29. The minimum absolute atomic E-state index is 0.169. The van der Waals surface area contributed by atoms with E-state index in [4.69, 9.17) is 4.74 Å². The van der Waals surface area contributed by atoms with Gasteiger partial charge in [-0.05, 0) is 88.1 Å². The smallest absolute Gasteiger partial charge is 0.282 e. The lowest BCUT2D eigenvalue weighted by Crippen LogP contribution is -2.65. The van der Waals surface area contributed by atoms with Gasteiger partial charge in [-0.3, -0.25) is 4.90 Å².